The molecule has 0 spiro atoms. The normalized spacial score (nSPS) is 13.9. The van der Waals surface area contributed by atoms with E-state index in [0.717, 1.165) is 52.9 Å². The first-order valence-corrected chi connectivity index (χ1v) is 18.0. The summed E-state index contributed by atoms with van der Waals surface area (Å²) < 4.78 is 2.33. The van der Waals surface area contributed by atoms with Gasteiger partial charge in [-0.3, -0.25) is 0 Å². The summed E-state index contributed by atoms with van der Waals surface area (Å²) in [5.41, 5.74) is 12.3. The van der Waals surface area contributed by atoms with Crippen LogP contribution in [0.1, 0.15) is 31.7 Å². The highest BCUT2D eigenvalue weighted by atomic mass is 15.1. The van der Waals surface area contributed by atoms with E-state index in [1.54, 1.807) is 0 Å². The number of nitrogens with zero attached hydrogens (tertiary/aromatic N) is 2. The topological polar surface area (TPSA) is 8.17 Å². The minimum Gasteiger partial charge on any atom is -0.310 e. The predicted octanol–water partition coefficient (Wildman–Crippen LogP) is 11.8. The zero-order valence-corrected chi connectivity index (χ0v) is 29.1. The molecule has 0 amide bonds. The van der Waals surface area contributed by atoms with Gasteiger partial charge in [0.15, 0.2) is 0 Å². The fourth-order valence-electron chi connectivity index (χ4n) is 7.55. The van der Waals surface area contributed by atoms with Crippen molar-refractivity contribution >= 4 is 46.2 Å². The van der Waals surface area contributed by atoms with Gasteiger partial charge in [0.2, 0.25) is 0 Å². The maximum Gasteiger partial charge on any atom is 0.0561 e. The molecular formula is C49H42N2. The van der Waals surface area contributed by atoms with Crippen LogP contribution in [0.4, 0.5) is 17.1 Å². The number of aromatic nitrogens is 1. The van der Waals surface area contributed by atoms with Gasteiger partial charge in [-0.1, -0.05) is 153 Å². The predicted molar refractivity (Wildman–Crippen MR) is 218 cm³/mol. The van der Waals surface area contributed by atoms with Crippen LogP contribution in [-0.4, -0.2) is 4.57 Å². The number of rotatable bonds is 9. The van der Waals surface area contributed by atoms with Crippen LogP contribution in [0.15, 0.2) is 182 Å². The summed E-state index contributed by atoms with van der Waals surface area (Å²) in [6.45, 7) is 7.03. The summed E-state index contributed by atoms with van der Waals surface area (Å²) >= 11 is 0. The van der Waals surface area contributed by atoms with Crippen molar-refractivity contribution < 1.29 is 0 Å². The van der Waals surface area contributed by atoms with Crippen molar-refractivity contribution in [1.29, 1.82) is 0 Å². The second-order valence-corrected chi connectivity index (χ2v) is 13.3. The Hall–Kier alpha value is -6.12. The zero-order chi connectivity index (χ0) is 34.6. The Bertz CT molecular complexity index is 2400. The molecule has 2 heteroatoms. The highest BCUT2D eigenvalue weighted by molar-refractivity contribution is 5.90. The average Bonchev–Trinajstić information content (AvgIpc) is 3.48. The van der Waals surface area contributed by atoms with Gasteiger partial charge >= 0.3 is 0 Å². The minimum atomic E-state index is 0.323. The van der Waals surface area contributed by atoms with Gasteiger partial charge in [-0.2, -0.15) is 0 Å². The summed E-state index contributed by atoms with van der Waals surface area (Å²) in [4.78, 5) is 2.33. The van der Waals surface area contributed by atoms with E-state index in [9.17, 15) is 0 Å². The van der Waals surface area contributed by atoms with Crippen molar-refractivity contribution in [1.82, 2.24) is 4.57 Å². The van der Waals surface area contributed by atoms with Crippen molar-refractivity contribution in [2.24, 2.45) is 5.92 Å². The van der Waals surface area contributed by atoms with Gasteiger partial charge in [0, 0.05) is 38.7 Å². The van der Waals surface area contributed by atoms with E-state index >= 15 is 0 Å². The smallest absolute Gasteiger partial charge is 0.0561 e. The molecule has 0 aliphatic heterocycles. The third-order valence-corrected chi connectivity index (χ3v) is 10.2. The summed E-state index contributed by atoms with van der Waals surface area (Å²) in [7, 11) is 0. The molecule has 1 aliphatic carbocycles. The number of hydrogen-bond donors (Lipinski definition) is 0. The number of anilines is 3. The summed E-state index contributed by atoms with van der Waals surface area (Å²) in [6.07, 6.45) is 10.3. The van der Waals surface area contributed by atoms with E-state index in [1.807, 2.05) is 0 Å². The molecule has 1 aliphatic rings. The fraction of sp³-hybridized carbons (Fsp3) is 0.102. The van der Waals surface area contributed by atoms with Crippen LogP contribution in [0.3, 0.4) is 0 Å². The Kier molecular flexibility index (Phi) is 9.06. The largest absolute Gasteiger partial charge is 0.310 e. The quantitative estimate of drug-likeness (QED) is 0.150. The van der Waals surface area contributed by atoms with Crippen LogP contribution in [0.2, 0.25) is 0 Å². The van der Waals surface area contributed by atoms with Crippen LogP contribution < -0.4 is 15.5 Å². The second kappa shape index (κ2) is 14.4. The molecule has 7 aromatic rings. The molecule has 1 heterocycles. The molecule has 51 heavy (non-hydrogen) atoms. The average molecular weight is 659 g/mol. The van der Waals surface area contributed by atoms with Crippen LogP contribution in [0, 0.1) is 5.92 Å². The highest BCUT2D eigenvalue weighted by Gasteiger charge is 2.18. The molecule has 1 aromatic heterocycles. The van der Waals surface area contributed by atoms with E-state index in [0.29, 0.717) is 5.92 Å². The molecule has 8 rings (SSSR count). The minimum absolute atomic E-state index is 0.323. The van der Waals surface area contributed by atoms with Gasteiger partial charge in [0.25, 0.3) is 0 Å². The summed E-state index contributed by atoms with van der Waals surface area (Å²) in [6, 6.07) is 58.4. The van der Waals surface area contributed by atoms with Crippen LogP contribution >= 0.6 is 0 Å². The number of hydrogen-bond acceptors (Lipinski definition) is 1. The standard InChI is InChI=1S/C49H42N2/c1-3-37(39-24-26-41(27-25-39)42-30-28-40(29-31-42)38-16-8-4-9-17-38)34-48-36(2)50(43-18-10-5-11-19-43)49-35-46(32-33-47(48)49)51(44-20-12-6-13-21-44)45-22-14-7-15-23-45/h4-24,26,28-35,37H,2-3,25,27H2,1H3/b48-34+. The van der Waals surface area contributed by atoms with Gasteiger partial charge in [-0.05, 0) is 96.0 Å². The Balaban J connectivity index is 1.19. The SMILES string of the molecule is C=c1/c(=C\C(CC)C2=CC=C(c3ccc(-c4ccccc4)cc3)CC2)c2ccc(N(c3ccccc3)c3ccccc3)cc2n1-c1ccccc1. The van der Waals surface area contributed by atoms with E-state index in [-0.39, 0.29) is 0 Å². The molecule has 0 fully saturated rings. The fourth-order valence-corrected chi connectivity index (χ4v) is 7.55. The lowest BCUT2D eigenvalue weighted by molar-refractivity contribution is 0.715. The summed E-state index contributed by atoms with van der Waals surface area (Å²) in [5.74, 6) is 0.323. The molecule has 6 aromatic carbocycles. The maximum atomic E-state index is 4.72. The number of benzene rings is 6. The molecule has 1 atom stereocenters. The van der Waals surface area contributed by atoms with E-state index < -0.39 is 0 Å². The molecule has 2 nitrogen and oxygen atoms in total. The van der Waals surface area contributed by atoms with E-state index in [1.165, 1.54) is 38.4 Å². The molecule has 1 unspecified atom stereocenters. The Labute approximate surface area is 301 Å². The first-order chi connectivity index (χ1) is 25.2. The number of fused-ring (bicyclic) bond motifs is 1. The zero-order valence-electron chi connectivity index (χ0n) is 29.1. The van der Waals surface area contributed by atoms with Crippen molar-refractivity contribution in [3.63, 3.8) is 0 Å². The molecule has 0 radical (unpaired) electrons. The Morgan fingerprint density at radius 1 is 0.608 bits per heavy atom. The molecule has 0 saturated heterocycles. The first-order valence-electron chi connectivity index (χ1n) is 18.0. The van der Waals surface area contributed by atoms with E-state index in [2.05, 4.69) is 198 Å². The first kappa shape index (κ1) is 32.1. The van der Waals surface area contributed by atoms with Crippen molar-refractivity contribution in [3.05, 3.63) is 198 Å². The number of para-hydroxylation sites is 3. The lowest BCUT2D eigenvalue weighted by Crippen LogP contribution is -2.28. The van der Waals surface area contributed by atoms with Crippen LogP contribution in [0.25, 0.3) is 45.9 Å². The Morgan fingerprint density at radius 2 is 1.18 bits per heavy atom. The lowest BCUT2D eigenvalue weighted by atomic mass is 9.85. The van der Waals surface area contributed by atoms with Gasteiger partial charge < -0.3 is 9.47 Å². The maximum absolute atomic E-state index is 4.72. The molecule has 0 saturated carbocycles. The van der Waals surface area contributed by atoms with Gasteiger partial charge in [-0.25, -0.2) is 0 Å². The Morgan fingerprint density at radius 3 is 1.76 bits per heavy atom. The van der Waals surface area contributed by atoms with Crippen LogP contribution in [0.5, 0.6) is 0 Å². The van der Waals surface area contributed by atoms with Crippen molar-refractivity contribution in [2.75, 3.05) is 4.90 Å². The second-order valence-electron chi connectivity index (χ2n) is 13.3. The van der Waals surface area contributed by atoms with Gasteiger partial charge in [-0.15, -0.1) is 0 Å². The monoisotopic (exact) mass is 658 g/mol. The van der Waals surface area contributed by atoms with E-state index in [4.69, 9.17) is 6.58 Å². The van der Waals surface area contributed by atoms with Crippen molar-refractivity contribution in [2.45, 2.75) is 26.2 Å². The molecule has 0 N–H and O–H groups in total. The third kappa shape index (κ3) is 6.49. The third-order valence-electron chi connectivity index (χ3n) is 10.2. The molecule has 0 bridgehead atoms. The summed E-state index contributed by atoms with van der Waals surface area (Å²) in [5, 5.41) is 3.45. The lowest BCUT2D eigenvalue weighted by Gasteiger charge is -2.25. The van der Waals surface area contributed by atoms with Crippen LogP contribution in [-0.2, 0) is 0 Å². The molecule has 248 valence electrons. The highest BCUT2D eigenvalue weighted by Crippen LogP contribution is 2.36. The molecular weight excluding hydrogens is 617 g/mol. The van der Waals surface area contributed by atoms with Gasteiger partial charge in [0.05, 0.1) is 5.52 Å². The van der Waals surface area contributed by atoms with Gasteiger partial charge in [0.1, 0.15) is 0 Å². The number of allylic oxidation sites excluding steroid dienone is 4. The van der Waals surface area contributed by atoms with Crippen molar-refractivity contribution in [3.8, 4) is 16.8 Å².